The van der Waals surface area contributed by atoms with Crippen LogP contribution in [0.2, 0.25) is 0 Å². The monoisotopic (exact) mass is 409 g/mol. The van der Waals surface area contributed by atoms with Crippen LogP contribution in [0.25, 0.3) is 27.9 Å². The van der Waals surface area contributed by atoms with Gasteiger partial charge in [-0.25, -0.2) is 0 Å². The van der Waals surface area contributed by atoms with Crippen molar-refractivity contribution in [1.82, 2.24) is 14.9 Å². The van der Waals surface area contributed by atoms with Crippen molar-refractivity contribution in [1.29, 1.82) is 0 Å². The number of ether oxygens (including phenoxy) is 4. The van der Waals surface area contributed by atoms with Gasteiger partial charge >= 0.3 is 0 Å². The minimum absolute atomic E-state index is 0.0219. The van der Waals surface area contributed by atoms with Crippen LogP contribution in [-0.2, 0) is 22.4 Å². The third-order valence-electron chi connectivity index (χ3n) is 5.82. The zero-order valence-electron chi connectivity index (χ0n) is 17.2. The molecular weight excluding hydrogens is 386 g/mol. The zero-order valence-corrected chi connectivity index (χ0v) is 17.2. The molecule has 0 spiro atoms. The average Bonchev–Trinajstić information content (AvgIpc) is 3.23. The number of methoxy groups -OCH3 is 2. The Morgan fingerprint density at radius 1 is 1.23 bits per heavy atom. The summed E-state index contributed by atoms with van der Waals surface area (Å²) < 4.78 is 24.0. The van der Waals surface area contributed by atoms with Crippen molar-refractivity contribution in [3.63, 3.8) is 0 Å². The number of pyridine rings is 2. The molecule has 3 aromatic rings. The first kappa shape index (κ1) is 18.9. The van der Waals surface area contributed by atoms with E-state index in [1.807, 2.05) is 36.0 Å². The van der Waals surface area contributed by atoms with Gasteiger partial charge in [-0.3, -0.25) is 9.78 Å². The Labute approximate surface area is 173 Å². The first-order valence-corrected chi connectivity index (χ1v) is 9.87. The lowest BCUT2D eigenvalue weighted by atomic mass is 9.92. The Balaban J connectivity index is 1.88. The van der Waals surface area contributed by atoms with Crippen LogP contribution in [0.5, 0.6) is 11.5 Å². The zero-order chi connectivity index (χ0) is 20.8. The van der Waals surface area contributed by atoms with E-state index in [4.69, 9.17) is 18.9 Å². The number of hydrogen-bond acceptors (Lipinski definition) is 7. The second-order valence-corrected chi connectivity index (χ2v) is 7.37. The molecule has 1 atom stereocenters. The first-order chi connectivity index (χ1) is 14.7. The van der Waals surface area contributed by atoms with Gasteiger partial charge in [0, 0.05) is 55.2 Å². The van der Waals surface area contributed by atoms with Crippen molar-refractivity contribution in [2.45, 2.75) is 19.1 Å². The van der Waals surface area contributed by atoms with E-state index in [1.165, 1.54) is 0 Å². The number of benzene rings is 1. The fourth-order valence-electron chi connectivity index (χ4n) is 4.31. The minimum Gasteiger partial charge on any atom is -0.498 e. The Hall–Kier alpha value is -3.10. The second-order valence-electron chi connectivity index (χ2n) is 7.37. The molecule has 0 saturated carbocycles. The van der Waals surface area contributed by atoms with E-state index in [-0.39, 0.29) is 18.5 Å². The summed E-state index contributed by atoms with van der Waals surface area (Å²) in [4.78, 5) is 18.3. The summed E-state index contributed by atoms with van der Waals surface area (Å²) in [5, 5.41) is 4.89. The minimum atomic E-state index is -0.285. The predicted molar refractivity (Wildman–Crippen MR) is 113 cm³/mol. The lowest BCUT2D eigenvalue weighted by Gasteiger charge is -2.26. The third kappa shape index (κ3) is 2.75. The van der Waals surface area contributed by atoms with Crippen molar-refractivity contribution < 1.29 is 18.9 Å². The first-order valence-electron chi connectivity index (χ1n) is 9.87. The summed E-state index contributed by atoms with van der Waals surface area (Å²) in [6.45, 7) is 1.38. The number of rotatable bonds is 5. The Bertz CT molecular complexity index is 1250. The molecule has 2 aromatic heterocycles. The van der Waals surface area contributed by atoms with Gasteiger partial charge in [-0.05, 0) is 24.8 Å². The fourth-order valence-corrected chi connectivity index (χ4v) is 4.31. The molecule has 0 bridgehead atoms. The molecule has 30 heavy (non-hydrogen) atoms. The van der Waals surface area contributed by atoms with Crippen molar-refractivity contribution in [3.05, 3.63) is 45.6 Å². The van der Waals surface area contributed by atoms with E-state index >= 15 is 0 Å². The highest BCUT2D eigenvalue weighted by atomic mass is 16.7. The van der Waals surface area contributed by atoms with Gasteiger partial charge in [-0.1, -0.05) is 0 Å². The van der Waals surface area contributed by atoms with Crippen LogP contribution in [-0.4, -0.2) is 50.3 Å². The van der Waals surface area contributed by atoms with Crippen LogP contribution >= 0.6 is 0 Å². The van der Waals surface area contributed by atoms with Crippen molar-refractivity contribution >= 4 is 27.9 Å². The average molecular weight is 409 g/mol. The molecule has 156 valence electrons. The van der Waals surface area contributed by atoms with Crippen molar-refractivity contribution in [3.8, 4) is 11.5 Å². The van der Waals surface area contributed by atoms with Crippen LogP contribution in [0.1, 0.15) is 11.1 Å². The van der Waals surface area contributed by atoms with Crippen LogP contribution in [0.3, 0.4) is 0 Å². The van der Waals surface area contributed by atoms with E-state index in [1.54, 1.807) is 14.2 Å². The number of nitrogens with one attached hydrogen (secondary N) is 1. The predicted octanol–water partition coefficient (Wildman–Crippen LogP) is 2.06. The summed E-state index contributed by atoms with van der Waals surface area (Å²) >= 11 is 0. The lowest BCUT2D eigenvalue weighted by molar-refractivity contribution is 0.0792. The Kier molecular flexibility index (Phi) is 4.60. The van der Waals surface area contributed by atoms with Gasteiger partial charge in [0.15, 0.2) is 11.5 Å². The molecule has 3 heterocycles. The van der Waals surface area contributed by atoms with Gasteiger partial charge in [0.25, 0.3) is 5.56 Å². The van der Waals surface area contributed by atoms with Crippen LogP contribution in [0.15, 0.2) is 28.9 Å². The van der Waals surface area contributed by atoms with Gasteiger partial charge in [0.05, 0.1) is 18.1 Å². The maximum atomic E-state index is 13.6. The Morgan fingerprint density at radius 2 is 2.03 bits per heavy atom. The number of fused-ring (bicyclic) bond motifs is 6. The molecule has 0 saturated heterocycles. The van der Waals surface area contributed by atoms with Gasteiger partial charge in [0.2, 0.25) is 6.79 Å². The quantitative estimate of drug-likeness (QED) is 0.646. The topological polar surface area (TPSA) is 83.8 Å². The number of aromatic nitrogens is 2. The number of likely N-dealkylation sites (N-methyl/N-ethyl adjacent to an activating group) is 1. The van der Waals surface area contributed by atoms with Gasteiger partial charge in [-0.15, -0.1) is 0 Å². The normalized spacial score (nSPS) is 17.3. The van der Waals surface area contributed by atoms with Crippen LogP contribution in [0, 0.1) is 0 Å². The molecule has 1 N–H and O–H groups in total. The van der Waals surface area contributed by atoms with Gasteiger partial charge in [-0.2, -0.15) is 0 Å². The third-order valence-corrected chi connectivity index (χ3v) is 5.82. The molecule has 1 aromatic carbocycles. The highest BCUT2D eigenvalue weighted by molar-refractivity contribution is 6.07. The van der Waals surface area contributed by atoms with E-state index < -0.39 is 0 Å². The second kappa shape index (κ2) is 7.30. The van der Waals surface area contributed by atoms with Crippen LogP contribution < -0.4 is 20.3 Å². The summed E-state index contributed by atoms with van der Waals surface area (Å²) in [6, 6.07) is 3.78. The molecule has 1 aliphatic heterocycles. The molecule has 0 radical (unpaired) electrons. The maximum Gasteiger partial charge on any atom is 0.255 e. The summed E-state index contributed by atoms with van der Waals surface area (Å²) in [6.07, 6.45) is 3.90. The summed E-state index contributed by atoms with van der Waals surface area (Å²) in [5.41, 5.74) is 3.12. The van der Waals surface area contributed by atoms with E-state index in [9.17, 15) is 4.79 Å². The molecule has 1 unspecified atom stereocenters. The van der Waals surface area contributed by atoms with Crippen molar-refractivity contribution in [2.24, 2.45) is 0 Å². The Morgan fingerprint density at radius 3 is 2.77 bits per heavy atom. The van der Waals surface area contributed by atoms with E-state index in [2.05, 4.69) is 10.3 Å². The van der Waals surface area contributed by atoms with Crippen molar-refractivity contribution in [2.75, 3.05) is 34.6 Å². The van der Waals surface area contributed by atoms with Crippen LogP contribution in [0.4, 0.5) is 0 Å². The molecule has 8 nitrogen and oxygen atoms in total. The maximum absolute atomic E-state index is 13.6. The summed E-state index contributed by atoms with van der Waals surface area (Å²) in [5.74, 6) is 2.03. The SMILES string of the molecule is CNCCn1c(=O)c2c(c3cnc4cc5c(cc4c31)OCO5)C=C(OC)C(OC)C2. The van der Waals surface area contributed by atoms with E-state index in [0.717, 1.165) is 27.4 Å². The van der Waals surface area contributed by atoms with Gasteiger partial charge < -0.3 is 28.8 Å². The smallest absolute Gasteiger partial charge is 0.255 e. The molecular formula is C22H23N3O5. The molecule has 0 fully saturated rings. The molecule has 8 heteroatoms. The summed E-state index contributed by atoms with van der Waals surface area (Å²) in [7, 11) is 5.12. The lowest BCUT2D eigenvalue weighted by Crippen LogP contribution is -2.34. The van der Waals surface area contributed by atoms with Gasteiger partial charge in [0.1, 0.15) is 11.9 Å². The fraction of sp³-hybridized carbons (Fsp3) is 0.364. The molecule has 2 aliphatic rings. The highest BCUT2D eigenvalue weighted by Crippen LogP contribution is 2.39. The standard InChI is InChI=1S/C22H23N3O5/c1-23-4-5-25-21-14-8-19-20(30-11-29-19)9-16(14)24-10-15(21)12-6-17(27-2)18(28-3)7-13(12)22(25)26/h6,8-10,18,23H,4-5,7,11H2,1-3H3. The molecule has 1 aliphatic carbocycles. The molecule has 0 amide bonds. The van der Waals surface area contributed by atoms with E-state index in [0.29, 0.717) is 42.3 Å². The molecule has 5 rings (SSSR count). The largest absolute Gasteiger partial charge is 0.498 e. The number of nitrogens with zero attached hydrogens (tertiary/aromatic N) is 2. The number of hydrogen-bond donors (Lipinski definition) is 1. The highest BCUT2D eigenvalue weighted by Gasteiger charge is 2.28.